The van der Waals surface area contributed by atoms with Crippen LogP contribution >= 0.6 is 34.7 Å². The van der Waals surface area contributed by atoms with Crippen LogP contribution in [0.3, 0.4) is 0 Å². The lowest BCUT2D eigenvalue weighted by Crippen LogP contribution is -2.09. The van der Waals surface area contributed by atoms with E-state index < -0.39 is 0 Å². The highest BCUT2D eigenvalue weighted by Crippen LogP contribution is 2.33. The molecule has 0 saturated heterocycles. The largest absolute Gasteiger partial charge is 0.320 e. The molecule has 0 radical (unpaired) electrons. The third-order valence-electron chi connectivity index (χ3n) is 2.66. The Morgan fingerprint density at radius 3 is 2.41 bits per heavy atom. The number of aryl methyl sites for hydroxylation is 1. The number of hydrogen-bond acceptors (Lipinski definition) is 3. The minimum Gasteiger partial charge on any atom is -0.320 e. The van der Waals surface area contributed by atoms with E-state index >= 15 is 0 Å². The summed E-state index contributed by atoms with van der Waals surface area (Å²) in [7, 11) is 0. The molecule has 0 aliphatic rings. The number of halogens is 1. The first kappa shape index (κ1) is 13.0. The van der Waals surface area contributed by atoms with Gasteiger partial charge in [0.1, 0.15) is 0 Å². The first-order valence-corrected chi connectivity index (χ1v) is 7.69. The zero-order chi connectivity index (χ0) is 12.4. The van der Waals surface area contributed by atoms with Crippen LogP contribution < -0.4 is 5.73 Å². The van der Waals surface area contributed by atoms with Gasteiger partial charge >= 0.3 is 0 Å². The fourth-order valence-electron chi connectivity index (χ4n) is 1.61. The first-order valence-electron chi connectivity index (χ1n) is 5.27. The summed E-state index contributed by atoms with van der Waals surface area (Å²) in [6.45, 7) is 2.01. The number of thioether (sulfide) groups is 1. The third-order valence-corrected chi connectivity index (χ3v) is 5.04. The van der Waals surface area contributed by atoms with Gasteiger partial charge in [-0.2, -0.15) is 0 Å². The van der Waals surface area contributed by atoms with Crippen molar-refractivity contribution in [1.82, 2.24) is 0 Å². The molecule has 0 saturated carbocycles. The first-order chi connectivity index (χ1) is 8.11. The van der Waals surface area contributed by atoms with E-state index in [4.69, 9.17) is 17.3 Å². The molecular formula is C13H14ClNS2. The van der Waals surface area contributed by atoms with Gasteiger partial charge in [-0.15, -0.1) is 23.1 Å². The molecule has 1 heterocycles. The Morgan fingerprint density at radius 1 is 1.29 bits per heavy atom. The highest BCUT2D eigenvalue weighted by atomic mass is 35.5. The van der Waals surface area contributed by atoms with Crippen LogP contribution in [-0.4, -0.2) is 6.26 Å². The van der Waals surface area contributed by atoms with Crippen molar-refractivity contribution in [3.8, 4) is 0 Å². The molecule has 90 valence electrons. The van der Waals surface area contributed by atoms with Crippen molar-refractivity contribution >= 4 is 34.7 Å². The normalized spacial score (nSPS) is 12.7. The molecule has 0 bridgehead atoms. The Balaban J connectivity index is 2.26. The monoisotopic (exact) mass is 283 g/mol. The lowest BCUT2D eigenvalue weighted by Gasteiger charge is -2.10. The smallest absolute Gasteiger partial charge is 0.0961 e. The van der Waals surface area contributed by atoms with E-state index in [1.165, 1.54) is 4.90 Å². The second-order valence-corrected chi connectivity index (χ2v) is 6.42. The standard InChI is InChI=1S/C13H14ClNS2/c1-8-7-11(17-13(8)14)12(15)9-3-5-10(16-2)6-4-9/h3-7,12H,15H2,1-2H3. The SMILES string of the molecule is CSc1ccc(C(N)c2cc(C)c(Cl)s2)cc1. The molecule has 1 aromatic carbocycles. The molecule has 2 N–H and O–H groups in total. The van der Waals surface area contributed by atoms with Crippen LogP contribution in [0, 0.1) is 6.92 Å². The molecule has 2 aromatic rings. The topological polar surface area (TPSA) is 26.0 Å². The predicted octanol–water partition coefficient (Wildman–Crippen LogP) is 4.48. The summed E-state index contributed by atoms with van der Waals surface area (Å²) in [6.07, 6.45) is 2.07. The minimum atomic E-state index is -0.0814. The summed E-state index contributed by atoms with van der Waals surface area (Å²) in [5, 5.41) is 0. The summed E-state index contributed by atoms with van der Waals surface area (Å²) < 4.78 is 0.830. The van der Waals surface area contributed by atoms with Gasteiger partial charge < -0.3 is 5.73 Å². The van der Waals surface area contributed by atoms with Gasteiger partial charge in [0.05, 0.1) is 10.4 Å². The predicted molar refractivity (Wildman–Crippen MR) is 78.3 cm³/mol. The van der Waals surface area contributed by atoms with Crippen molar-refractivity contribution in [3.63, 3.8) is 0 Å². The van der Waals surface area contributed by atoms with E-state index in [9.17, 15) is 0 Å². The Hall–Kier alpha value is -0.480. The summed E-state index contributed by atoms with van der Waals surface area (Å²) >= 11 is 9.36. The summed E-state index contributed by atoms with van der Waals surface area (Å²) in [6, 6.07) is 10.4. The fraction of sp³-hybridized carbons (Fsp3) is 0.231. The van der Waals surface area contributed by atoms with Gasteiger partial charge in [0.2, 0.25) is 0 Å². The van der Waals surface area contributed by atoms with Gasteiger partial charge in [-0.1, -0.05) is 23.7 Å². The Kier molecular flexibility index (Phi) is 4.15. The highest BCUT2D eigenvalue weighted by molar-refractivity contribution is 7.98. The van der Waals surface area contributed by atoms with Crippen LogP contribution in [0.5, 0.6) is 0 Å². The van der Waals surface area contributed by atoms with E-state index in [0.29, 0.717) is 0 Å². The van der Waals surface area contributed by atoms with Crippen molar-refractivity contribution in [3.05, 3.63) is 50.7 Å². The molecule has 0 aliphatic heterocycles. The van der Waals surface area contributed by atoms with Gasteiger partial charge in [-0.05, 0) is 42.5 Å². The summed E-state index contributed by atoms with van der Waals surface area (Å²) in [5.74, 6) is 0. The van der Waals surface area contributed by atoms with Gasteiger partial charge in [0.25, 0.3) is 0 Å². The molecule has 4 heteroatoms. The number of hydrogen-bond donors (Lipinski definition) is 1. The second-order valence-electron chi connectivity index (χ2n) is 3.86. The maximum Gasteiger partial charge on any atom is 0.0961 e. The van der Waals surface area contributed by atoms with Crippen LogP contribution in [0.4, 0.5) is 0 Å². The molecule has 1 aromatic heterocycles. The summed E-state index contributed by atoms with van der Waals surface area (Å²) in [4.78, 5) is 2.37. The minimum absolute atomic E-state index is 0.0814. The maximum absolute atomic E-state index is 6.24. The molecular weight excluding hydrogens is 270 g/mol. The lowest BCUT2D eigenvalue weighted by molar-refractivity contribution is 0.890. The molecule has 0 spiro atoms. The summed E-state index contributed by atoms with van der Waals surface area (Å²) in [5.41, 5.74) is 8.46. The van der Waals surface area contributed by atoms with Crippen molar-refractivity contribution < 1.29 is 0 Å². The van der Waals surface area contributed by atoms with Crippen LogP contribution in [0.25, 0.3) is 0 Å². The molecule has 1 unspecified atom stereocenters. The molecule has 0 amide bonds. The van der Waals surface area contributed by atoms with Crippen molar-refractivity contribution in [2.24, 2.45) is 5.73 Å². The third kappa shape index (κ3) is 2.86. The molecule has 17 heavy (non-hydrogen) atoms. The van der Waals surface area contributed by atoms with Crippen molar-refractivity contribution in [2.75, 3.05) is 6.26 Å². The molecule has 2 rings (SSSR count). The second kappa shape index (κ2) is 5.44. The number of nitrogens with two attached hydrogens (primary N) is 1. The van der Waals surface area contributed by atoms with E-state index in [-0.39, 0.29) is 6.04 Å². The fourth-order valence-corrected chi connectivity index (χ4v) is 3.27. The zero-order valence-electron chi connectivity index (χ0n) is 9.74. The number of rotatable bonds is 3. The van der Waals surface area contributed by atoms with Crippen LogP contribution in [-0.2, 0) is 0 Å². The van der Waals surface area contributed by atoms with Gasteiger partial charge in [-0.25, -0.2) is 0 Å². The Labute approximate surface area is 115 Å². The molecule has 1 nitrogen and oxygen atoms in total. The zero-order valence-corrected chi connectivity index (χ0v) is 12.1. The van der Waals surface area contributed by atoms with Gasteiger partial charge in [0.15, 0.2) is 0 Å². The Morgan fingerprint density at radius 2 is 1.94 bits per heavy atom. The van der Waals surface area contributed by atoms with E-state index in [2.05, 4.69) is 36.6 Å². The lowest BCUT2D eigenvalue weighted by atomic mass is 10.1. The van der Waals surface area contributed by atoms with E-state index in [0.717, 1.165) is 20.3 Å². The molecule has 0 aliphatic carbocycles. The number of thiophene rings is 1. The van der Waals surface area contributed by atoms with Crippen LogP contribution in [0.15, 0.2) is 35.2 Å². The average molecular weight is 284 g/mol. The van der Waals surface area contributed by atoms with Crippen LogP contribution in [0.1, 0.15) is 22.0 Å². The van der Waals surface area contributed by atoms with Gasteiger partial charge in [0, 0.05) is 9.77 Å². The highest BCUT2D eigenvalue weighted by Gasteiger charge is 2.13. The molecule has 1 atom stereocenters. The van der Waals surface area contributed by atoms with Gasteiger partial charge in [-0.3, -0.25) is 0 Å². The molecule has 0 fully saturated rings. The van der Waals surface area contributed by atoms with Crippen molar-refractivity contribution in [2.45, 2.75) is 17.9 Å². The average Bonchev–Trinajstić information content (AvgIpc) is 2.69. The van der Waals surface area contributed by atoms with E-state index in [1.807, 2.05) is 6.92 Å². The quantitative estimate of drug-likeness (QED) is 0.841. The number of benzene rings is 1. The van der Waals surface area contributed by atoms with Crippen LogP contribution in [0.2, 0.25) is 4.34 Å². The van der Waals surface area contributed by atoms with Crippen molar-refractivity contribution in [1.29, 1.82) is 0 Å². The Bertz CT molecular complexity index is 485. The maximum atomic E-state index is 6.24. The van der Waals surface area contributed by atoms with E-state index in [1.54, 1.807) is 23.1 Å².